The molecule has 0 fully saturated rings. The maximum atomic E-state index is 2.56. The van der Waals surface area contributed by atoms with Crippen LogP contribution in [0.3, 0.4) is 0 Å². The Bertz CT molecular complexity index is 1010. The summed E-state index contributed by atoms with van der Waals surface area (Å²) in [4.78, 5) is 0. The number of hydrogen-bond donors (Lipinski definition) is 0. The summed E-state index contributed by atoms with van der Waals surface area (Å²) in [5.74, 6) is 0. The van der Waals surface area contributed by atoms with Gasteiger partial charge >= 0.3 is 203 Å². The molecule has 0 atom stereocenters. The van der Waals surface area contributed by atoms with Crippen LogP contribution in [0.15, 0.2) is 56.9 Å². The molecule has 2 aromatic carbocycles. The molecule has 0 amide bonds. The van der Waals surface area contributed by atoms with Crippen molar-refractivity contribution in [3.05, 3.63) is 79.2 Å². The summed E-state index contributed by atoms with van der Waals surface area (Å²) in [6, 6.07) is 14.7. The van der Waals surface area contributed by atoms with Crippen molar-refractivity contribution in [2.24, 2.45) is 0 Å². The molecule has 2 aliphatic carbocycles. The van der Waals surface area contributed by atoms with Crippen LogP contribution in [-0.4, -0.2) is 0 Å². The topological polar surface area (TPSA) is 0 Å². The van der Waals surface area contributed by atoms with E-state index in [1.807, 2.05) is 3.28 Å². The second-order valence-corrected chi connectivity index (χ2v) is 14.9. The first-order valence-electron chi connectivity index (χ1n) is 12.0. The first kappa shape index (κ1) is 28.6. The molecule has 0 aromatic heterocycles. The number of hydrogen-bond acceptors (Lipinski definition) is 0. The van der Waals surface area contributed by atoms with E-state index in [0.29, 0.717) is 3.63 Å². The predicted octanol–water partition coefficient (Wildman–Crippen LogP) is 2.85. The molecular formula is C30H38Cl2Zr. The minimum Gasteiger partial charge on any atom is -1.00 e. The molecule has 0 N–H and O–H groups in total. The Hall–Kier alpha value is -0.617. The largest absolute Gasteiger partial charge is 1.00 e. The summed E-state index contributed by atoms with van der Waals surface area (Å²) in [5, 5.41) is 0. The van der Waals surface area contributed by atoms with Gasteiger partial charge in [0.25, 0.3) is 0 Å². The van der Waals surface area contributed by atoms with Gasteiger partial charge in [-0.2, -0.15) is 0 Å². The van der Waals surface area contributed by atoms with Gasteiger partial charge in [0.2, 0.25) is 0 Å². The number of benzene rings is 2. The van der Waals surface area contributed by atoms with Crippen LogP contribution in [0.1, 0.15) is 101 Å². The van der Waals surface area contributed by atoms with E-state index >= 15 is 0 Å². The molecule has 0 saturated heterocycles. The Morgan fingerprint density at radius 3 is 1.64 bits per heavy atom. The van der Waals surface area contributed by atoms with Crippen molar-refractivity contribution in [1.29, 1.82) is 0 Å². The quantitative estimate of drug-likeness (QED) is 0.540. The first-order valence-corrected chi connectivity index (χ1v) is 14.7. The van der Waals surface area contributed by atoms with Gasteiger partial charge in [-0.3, -0.25) is 0 Å². The van der Waals surface area contributed by atoms with Crippen LogP contribution >= 0.6 is 0 Å². The Morgan fingerprint density at radius 1 is 0.758 bits per heavy atom. The van der Waals surface area contributed by atoms with Crippen molar-refractivity contribution in [3.63, 3.8) is 0 Å². The molecule has 3 heteroatoms. The third-order valence-electron chi connectivity index (χ3n) is 7.10. The average molecular weight is 561 g/mol. The Morgan fingerprint density at radius 2 is 1.24 bits per heavy atom. The fraction of sp³-hybridized carbons (Fsp3) is 0.467. The fourth-order valence-corrected chi connectivity index (χ4v) is 9.73. The van der Waals surface area contributed by atoms with Gasteiger partial charge in [-0.1, -0.05) is 0 Å². The molecule has 2 aromatic rings. The third-order valence-corrected chi connectivity index (χ3v) is 11.4. The summed E-state index contributed by atoms with van der Waals surface area (Å²) >= 11 is -0.804. The van der Waals surface area contributed by atoms with Crippen LogP contribution < -0.4 is 24.8 Å². The second kappa shape index (κ2) is 10.6. The monoisotopic (exact) mass is 558 g/mol. The normalized spacial score (nSPS) is 15.3. The van der Waals surface area contributed by atoms with Crippen LogP contribution in [0.4, 0.5) is 0 Å². The molecule has 0 radical (unpaired) electrons. The van der Waals surface area contributed by atoms with E-state index in [0.717, 1.165) is 0 Å². The zero-order valence-electron chi connectivity index (χ0n) is 21.5. The Balaban J connectivity index is 0.00000193. The van der Waals surface area contributed by atoms with E-state index in [1.54, 1.807) is 22.3 Å². The molecule has 176 valence electrons. The summed E-state index contributed by atoms with van der Waals surface area (Å²) in [7, 11) is 0. The first-order chi connectivity index (χ1) is 14.5. The van der Waals surface area contributed by atoms with E-state index in [-0.39, 0.29) is 35.6 Å². The van der Waals surface area contributed by atoms with Gasteiger partial charge in [0.15, 0.2) is 0 Å². The minimum absolute atomic E-state index is 0. The smallest absolute Gasteiger partial charge is 1.00 e. The third kappa shape index (κ3) is 5.47. The van der Waals surface area contributed by atoms with Crippen molar-refractivity contribution in [3.8, 4) is 11.1 Å². The van der Waals surface area contributed by atoms with Crippen molar-refractivity contribution in [2.45, 2.75) is 89.1 Å². The molecule has 4 rings (SSSR count). The van der Waals surface area contributed by atoms with Gasteiger partial charge in [-0.15, -0.1) is 0 Å². The Kier molecular flexibility index (Phi) is 9.16. The molecule has 0 saturated carbocycles. The summed E-state index contributed by atoms with van der Waals surface area (Å²) in [5.41, 5.74) is 12.9. The van der Waals surface area contributed by atoms with Crippen LogP contribution in [0, 0.1) is 0 Å². The fourth-order valence-electron chi connectivity index (χ4n) is 5.13. The average Bonchev–Trinajstić information content (AvgIpc) is 3.24. The standard InChI is InChI=1S/C21H25.C9H13.2ClH.Zr/c1-20(2,3)16-7-9-18-14(12-16)11-15-13-17(21(4,5)6)8-10-19(15)18;1-3-8-6-5-7-9(8)4-2;;;/h7-13H,1-6H3;6H,3-5H2,1-2H3;2*1H;/q;;;;+2/p-2. The van der Waals surface area contributed by atoms with Crippen molar-refractivity contribution in [1.82, 2.24) is 0 Å². The van der Waals surface area contributed by atoms with Gasteiger partial charge in [-0.25, -0.2) is 0 Å². The maximum absolute atomic E-state index is 2.56. The molecule has 33 heavy (non-hydrogen) atoms. The van der Waals surface area contributed by atoms with E-state index in [4.69, 9.17) is 0 Å². The molecule has 0 bridgehead atoms. The van der Waals surface area contributed by atoms with Crippen LogP contribution in [-0.2, 0) is 34.1 Å². The van der Waals surface area contributed by atoms with E-state index in [9.17, 15) is 0 Å². The summed E-state index contributed by atoms with van der Waals surface area (Å²) in [6.07, 6.45) is 6.14. The van der Waals surface area contributed by atoms with Gasteiger partial charge in [0.1, 0.15) is 0 Å². The molecule has 0 unspecified atom stereocenters. The van der Waals surface area contributed by atoms with Crippen LogP contribution in [0.25, 0.3) is 11.1 Å². The van der Waals surface area contributed by atoms with E-state index < -0.39 is 23.2 Å². The molecule has 0 nitrogen and oxygen atoms in total. The van der Waals surface area contributed by atoms with Crippen molar-refractivity contribution >= 4 is 0 Å². The second-order valence-electron chi connectivity index (χ2n) is 11.3. The van der Waals surface area contributed by atoms with Gasteiger partial charge < -0.3 is 24.8 Å². The number of allylic oxidation sites excluding steroid dienone is 4. The van der Waals surface area contributed by atoms with Crippen LogP contribution in [0.2, 0.25) is 0 Å². The van der Waals surface area contributed by atoms with E-state index in [2.05, 4.69) is 97.9 Å². The van der Waals surface area contributed by atoms with Gasteiger partial charge in [0.05, 0.1) is 0 Å². The molecule has 2 aliphatic rings. The molecular weight excluding hydrogens is 522 g/mol. The summed E-state index contributed by atoms with van der Waals surface area (Å²) in [6.45, 7) is 18.7. The van der Waals surface area contributed by atoms with E-state index in [1.165, 1.54) is 41.5 Å². The maximum Gasteiger partial charge on any atom is -1.00 e. The number of halogens is 2. The summed E-state index contributed by atoms with van der Waals surface area (Å²) < 4.78 is 2.48. The van der Waals surface area contributed by atoms with Crippen LogP contribution in [0.5, 0.6) is 0 Å². The van der Waals surface area contributed by atoms with Crippen molar-refractivity contribution in [2.75, 3.05) is 0 Å². The Labute approximate surface area is 226 Å². The molecule has 0 spiro atoms. The number of rotatable bonds is 4. The zero-order valence-corrected chi connectivity index (χ0v) is 25.5. The van der Waals surface area contributed by atoms with Crippen molar-refractivity contribution < 1.29 is 48.0 Å². The molecule has 0 aliphatic heterocycles. The zero-order chi connectivity index (χ0) is 22.6. The minimum atomic E-state index is -0.804. The van der Waals surface area contributed by atoms with Gasteiger partial charge in [0, 0.05) is 0 Å². The van der Waals surface area contributed by atoms with Gasteiger partial charge in [-0.05, 0) is 0 Å². The SMILES string of the molecule is CCC1=CC[C]([Zr+2][CH]2c3cc(C(C)(C)C)ccc3-c3ccc(C(C)(C)C)cc32)=C1CC.[Cl-].[Cl-]. The number of fused-ring (bicyclic) bond motifs is 3. The molecule has 0 heterocycles. The predicted molar refractivity (Wildman–Crippen MR) is 131 cm³/mol.